The fraction of sp³-hybridized carbons (Fsp3) is 0.214. The predicted molar refractivity (Wildman–Crippen MR) is 133 cm³/mol. The zero-order valence-electron chi connectivity index (χ0n) is 19.9. The Hall–Kier alpha value is -4.46. The van der Waals surface area contributed by atoms with Gasteiger partial charge >= 0.3 is 5.97 Å². The first-order chi connectivity index (χ1) is 17.4. The molecule has 8 nitrogen and oxygen atoms in total. The smallest absolute Gasteiger partial charge is 0.338 e. The van der Waals surface area contributed by atoms with E-state index in [1.54, 1.807) is 29.2 Å². The molecule has 0 aliphatic carbocycles. The first kappa shape index (κ1) is 23.3. The van der Waals surface area contributed by atoms with Gasteiger partial charge in [-0.2, -0.15) is 0 Å². The minimum absolute atomic E-state index is 0.0879. The van der Waals surface area contributed by atoms with Crippen molar-refractivity contribution < 1.29 is 28.7 Å². The van der Waals surface area contributed by atoms with Crippen molar-refractivity contribution in [3.8, 4) is 5.75 Å². The molecular formula is C28H24N2O6. The molecule has 3 aromatic rings. The normalized spacial score (nSPS) is 14.9. The summed E-state index contributed by atoms with van der Waals surface area (Å²) >= 11 is 0. The molecule has 8 heteroatoms. The van der Waals surface area contributed by atoms with Crippen LogP contribution in [0.3, 0.4) is 0 Å². The van der Waals surface area contributed by atoms with Crippen molar-refractivity contribution in [2.75, 3.05) is 23.0 Å². The minimum atomic E-state index is -1.02. The summed E-state index contributed by atoms with van der Waals surface area (Å²) < 4.78 is 10.9. The second-order valence-electron chi connectivity index (χ2n) is 8.55. The molecule has 0 spiro atoms. The lowest BCUT2D eigenvalue weighted by Crippen LogP contribution is -2.39. The van der Waals surface area contributed by atoms with Gasteiger partial charge in [0.2, 0.25) is 0 Å². The molecule has 36 heavy (non-hydrogen) atoms. The van der Waals surface area contributed by atoms with E-state index in [2.05, 4.69) is 0 Å². The summed E-state index contributed by atoms with van der Waals surface area (Å²) in [6, 6.07) is 18.5. The van der Waals surface area contributed by atoms with Crippen molar-refractivity contribution >= 4 is 35.1 Å². The molecule has 3 amide bonds. The number of nitrogens with zero attached hydrogens (tertiary/aromatic N) is 2. The molecular weight excluding hydrogens is 460 g/mol. The number of rotatable bonds is 6. The topological polar surface area (TPSA) is 93.2 Å². The Kier molecular flexibility index (Phi) is 6.01. The molecule has 0 saturated heterocycles. The van der Waals surface area contributed by atoms with E-state index in [0.717, 1.165) is 22.6 Å². The lowest BCUT2D eigenvalue weighted by molar-refractivity contribution is -0.126. The van der Waals surface area contributed by atoms with Gasteiger partial charge in [-0.1, -0.05) is 18.2 Å². The average Bonchev–Trinajstić information content (AvgIpc) is 3.43. The van der Waals surface area contributed by atoms with Crippen molar-refractivity contribution in [2.24, 2.45) is 0 Å². The van der Waals surface area contributed by atoms with Gasteiger partial charge in [0.05, 0.1) is 29.0 Å². The van der Waals surface area contributed by atoms with Crippen LogP contribution in [0.1, 0.15) is 50.5 Å². The molecule has 2 heterocycles. The number of hydrogen-bond donors (Lipinski definition) is 0. The van der Waals surface area contributed by atoms with Crippen LogP contribution < -0.4 is 14.5 Å². The van der Waals surface area contributed by atoms with Gasteiger partial charge in [-0.15, -0.1) is 0 Å². The SMILES string of the molecule is CCOc1ccc(N2C(=O)c3ccc(C(=O)OC(C)C(=O)N4CCc5ccccc54)cc3C2=O)cc1. The van der Waals surface area contributed by atoms with Crippen molar-refractivity contribution in [1.82, 2.24) is 0 Å². The van der Waals surface area contributed by atoms with Crippen molar-refractivity contribution in [3.05, 3.63) is 89.0 Å². The van der Waals surface area contributed by atoms with Gasteiger partial charge in [-0.3, -0.25) is 14.4 Å². The molecule has 0 saturated carbocycles. The molecule has 2 aliphatic heterocycles. The van der Waals surface area contributed by atoms with Crippen LogP contribution in [0.4, 0.5) is 11.4 Å². The number of ether oxygens (including phenoxy) is 2. The highest BCUT2D eigenvalue weighted by Gasteiger charge is 2.37. The number of para-hydroxylation sites is 1. The van der Waals surface area contributed by atoms with E-state index in [0.29, 0.717) is 24.6 Å². The lowest BCUT2D eigenvalue weighted by Gasteiger charge is -2.21. The maximum atomic E-state index is 13.1. The fourth-order valence-electron chi connectivity index (χ4n) is 4.53. The summed E-state index contributed by atoms with van der Waals surface area (Å²) in [7, 11) is 0. The summed E-state index contributed by atoms with van der Waals surface area (Å²) in [6.07, 6.45) is -0.274. The Balaban J connectivity index is 1.31. The summed E-state index contributed by atoms with van der Waals surface area (Å²) in [4.78, 5) is 54.5. The van der Waals surface area contributed by atoms with Crippen LogP contribution in [0.2, 0.25) is 0 Å². The van der Waals surface area contributed by atoms with Gasteiger partial charge in [-0.25, -0.2) is 9.69 Å². The number of carbonyl (C=O) groups excluding carboxylic acids is 4. The first-order valence-electron chi connectivity index (χ1n) is 11.7. The highest BCUT2D eigenvalue weighted by molar-refractivity contribution is 6.34. The van der Waals surface area contributed by atoms with E-state index in [9.17, 15) is 19.2 Å². The quantitative estimate of drug-likeness (QED) is 0.388. The summed E-state index contributed by atoms with van der Waals surface area (Å²) in [5, 5.41) is 0. The summed E-state index contributed by atoms with van der Waals surface area (Å²) in [6.45, 7) is 4.41. The molecule has 1 atom stereocenters. The Labute approximate surface area is 208 Å². The van der Waals surface area contributed by atoms with Crippen LogP contribution in [0.5, 0.6) is 5.75 Å². The molecule has 0 fully saturated rings. The molecule has 0 bridgehead atoms. The third-order valence-electron chi connectivity index (χ3n) is 6.31. The number of amides is 3. The van der Waals surface area contributed by atoms with E-state index in [1.165, 1.54) is 25.1 Å². The number of benzene rings is 3. The number of fused-ring (bicyclic) bond motifs is 2. The average molecular weight is 485 g/mol. The predicted octanol–water partition coefficient (Wildman–Crippen LogP) is 4.02. The number of esters is 1. The van der Waals surface area contributed by atoms with Crippen LogP contribution in [-0.4, -0.2) is 42.9 Å². The van der Waals surface area contributed by atoms with E-state index < -0.39 is 23.9 Å². The number of hydrogen-bond acceptors (Lipinski definition) is 6. The van der Waals surface area contributed by atoms with Crippen LogP contribution in [0.25, 0.3) is 0 Å². The van der Waals surface area contributed by atoms with Crippen LogP contribution >= 0.6 is 0 Å². The third-order valence-corrected chi connectivity index (χ3v) is 6.31. The highest BCUT2D eigenvalue weighted by Crippen LogP contribution is 2.31. The Morgan fingerprint density at radius 1 is 0.944 bits per heavy atom. The molecule has 0 aromatic heterocycles. The Morgan fingerprint density at radius 2 is 1.67 bits per heavy atom. The second-order valence-corrected chi connectivity index (χ2v) is 8.55. The summed E-state index contributed by atoms with van der Waals surface area (Å²) in [5.74, 6) is -1.45. The maximum absolute atomic E-state index is 13.1. The van der Waals surface area contributed by atoms with Gasteiger partial charge in [-0.05, 0) is 74.4 Å². The van der Waals surface area contributed by atoms with Crippen molar-refractivity contribution in [3.63, 3.8) is 0 Å². The zero-order chi connectivity index (χ0) is 25.4. The molecule has 2 aliphatic rings. The van der Waals surface area contributed by atoms with Crippen LogP contribution in [0, 0.1) is 0 Å². The van der Waals surface area contributed by atoms with E-state index in [-0.39, 0.29) is 22.6 Å². The fourth-order valence-corrected chi connectivity index (χ4v) is 4.53. The van der Waals surface area contributed by atoms with Crippen LogP contribution in [0.15, 0.2) is 66.7 Å². The van der Waals surface area contributed by atoms with Gasteiger partial charge in [0.1, 0.15) is 5.75 Å². The number of carbonyl (C=O) groups is 4. The molecule has 1 unspecified atom stereocenters. The monoisotopic (exact) mass is 484 g/mol. The highest BCUT2D eigenvalue weighted by atomic mass is 16.5. The van der Waals surface area contributed by atoms with Gasteiger partial charge in [0.15, 0.2) is 6.10 Å². The lowest BCUT2D eigenvalue weighted by atomic mass is 10.1. The third kappa shape index (κ3) is 4.00. The van der Waals surface area contributed by atoms with E-state index in [1.807, 2.05) is 31.2 Å². The molecule has 3 aromatic carbocycles. The van der Waals surface area contributed by atoms with Crippen LogP contribution in [-0.2, 0) is 16.0 Å². The standard InChI is InChI=1S/C28H24N2O6/c1-3-35-21-11-9-20(10-12-21)30-26(32)22-13-8-19(16-23(22)27(30)33)28(34)36-17(2)25(31)29-15-14-18-6-4-5-7-24(18)29/h4-13,16-17H,3,14-15H2,1-2H3. The molecule has 182 valence electrons. The maximum Gasteiger partial charge on any atom is 0.338 e. The van der Waals surface area contributed by atoms with Crippen molar-refractivity contribution in [2.45, 2.75) is 26.4 Å². The van der Waals surface area contributed by atoms with E-state index in [4.69, 9.17) is 9.47 Å². The largest absolute Gasteiger partial charge is 0.494 e. The molecule has 0 radical (unpaired) electrons. The molecule has 5 rings (SSSR count). The van der Waals surface area contributed by atoms with Gasteiger partial charge in [0, 0.05) is 12.2 Å². The number of imide groups is 1. The Bertz CT molecular complexity index is 1380. The van der Waals surface area contributed by atoms with Gasteiger partial charge in [0.25, 0.3) is 17.7 Å². The van der Waals surface area contributed by atoms with Gasteiger partial charge < -0.3 is 14.4 Å². The zero-order valence-corrected chi connectivity index (χ0v) is 19.9. The second kappa shape index (κ2) is 9.30. The minimum Gasteiger partial charge on any atom is -0.494 e. The molecule has 0 N–H and O–H groups in total. The first-order valence-corrected chi connectivity index (χ1v) is 11.7. The summed E-state index contributed by atoms with van der Waals surface area (Å²) in [5.41, 5.74) is 2.69. The number of anilines is 2. The van der Waals surface area contributed by atoms with E-state index >= 15 is 0 Å². The Morgan fingerprint density at radius 3 is 2.42 bits per heavy atom. The van der Waals surface area contributed by atoms with Crippen molar-refractivity contribution in [1.29, 1.82) is 0 Å².